The number of furan rings is 1. The Morgan fingerprint density at radius 2 is 2.27 bits per heavy atom. The van der Waals surface area contributed by atoms with Crippen LogP contribution < -0.4 is 10.6 Å². The maximum Gasteiger partial charge on any atom is 0.287 e. The van der Waals surface area contributed by atoms with Crippen molar-refractivity contribution in [2.45, 2.75) is 38.5 Å². The minimum absolute atomic E-state index is 0.0136. The van der Waals surface area contributed by atoms with E-state index in [1.54, 1.807) is 30.1 Å². The van der Waals surface area contributed by atoms with Gasteiger partial charge in [0.15, 0.2) is 5.76 Å². The predicted octanol–water partition coefficient (Wildman–Crippen LogP) is 1.34. The number of amides is 2. The van der Waals surface area contributed by atoms with Crippen LogP contribution in [0.1, 0.15) is 35.6 Å². The van der Waals surface area contributed by atoms with E-state index in [0.29, 0.717) is 31.9 Å². The lowest BCUT2D eigenvalue weighted by Crippen LogP contribution is -2.35. The molecule has 1 aliphatic carbocycles. The molecule has 0 radical (unpaired) electrons. The molecule has 0 saturated heterocycles. The molecule has 2 N–H and O–H groups in total. The maximum absolute atomic E-state index is 12.3. The molecule has 1 fully saturated rings. The molecule has 26 heavy (non-hydrogen) atoms. The molecule has 0 aromatic carbocycles. The monoisotopic (exact) mass is 360 g/mol. The molecule has 2 amide bonds. The molecule has 2 heterocycles. The first-order valence-electron chi connectivity index (χ1n) is 8.79. The minimum atomic E-state index is -0.253. The van der Waals surface area contributed by atoms with Crippen molar-refractivity contribution < 1.29 is 18.7 Å². The van der Waals surface area contributed by atoms with E-state index >= 15 is 0 Å². The lowest BCUT2D eigenvalue weighted by Gasteiger charge is -2.13. The SMILES string of the molecule is COCc1ccc(C(=O)N[C@H]2CC[C@@H](C(=O)NCCn3cccn3)C2)o1. The van der Waals surface area contributed by atoms with Crippen molar-refractivity contribution in [1.29, 1.82) is 0 Å². The van der Waals surface area contributed by atoms with Gasteiger partial charge in [-0.15, -0.1) is 0 Å². The van der Waals surface area contributed by atoms with Gasteiger partial charge in [-0.05, 0) is 37.5 Å². The van der Waals surface area contributed by atoms with Crippen LogP contribution >= 0.6 is 0 Å². The number of nitrogens with zero attached hydrogens (tertiary/aromatic N) is 2. The van der Waals surface area contributed by atoms with Gasteiger partial charge in [-0.1, -0.05) is 0 Å². The zero-order valence-corrected chi connectivity index (χ0v) is 14.8. The van der Waals surface area contributed by atoms with E-state index in [1.165, 1.54) is 0 Å². The van der Waals surface area contributed by atoms with Crippen molar-refractivity contribution in [2.24, 2.45) is 5.92 Å². The maximum atomic E-state index is 12.3. The zero-order chi connectivity index (χ0) is 18.4. The number of carbonyl (C=O) groups is 2. The summed E-state index contributed by atoms with van der Waals surface area (Å²) in [5.41, 5.74) is 0. The molecular formula is C18H24N4O4. The zero-order valence-electron chi connectivity index (χ0n) is 14.8. The number of carbonyl (C=O) groups excluding carboxylic acids is 2. The molecular weight excluding hydrogens is 336 g/mol. The molecule has 140 valence electrons. The van der Waals surface area contributed by atoms with Crippen molar-refractivity contribution in [2.75, 3.05) is 13.7 Å². The molecule has 1 aliphatic rings. The van der Waals surface area contributed by atoms with Crippen molar-refractivity contribution in [3.05, 3.63) is 42.1 Å². The molecule has 2 aromatic heterocycles. The molecule has 3 rings (SSSR count). The molecule has 0 spiro atoms. The van der Waals surface area contributed by atoms with Gasteiger partial charge in [0, 0.05) is 38.0 Å². The Bertz CT molecular complexity index is 725. The Morgan fingerprint density at radius 1 is 1.38 bits per heavy atom. The van der Waals surface area contributed by atoms with Gasteiger partial charge in [-0.3, -0.25) is 14.3 Å². The standard InChI is InChI=1S/C18H24N4O4/c1-25-12-15-5-6-16(26-15)18(24)21-14-4-3-13(11-14)17(23)19-8-10-22-9-2-7-20-22/h2,5-7,9,13-14H,3-4,8,10-12H2,1H3,(H,19,23)(H,21,24)/t13-,14+/m1/s1. The third-order valence-corrected chi connectivity index (χ3v) is 4.51. The number of aromatic nitrogens is 2. The van der Waals surface area contributed by atoms with Crippen LogP contribution in [0.5, 0.6) is 0 Å². The number of hydrogen-bond acceptors (Lipinski definition) is 5. The van der Waals surface area contributed by atoms with Gasteiger partial charge >= 0.3 is 0 Å². The lowest BCUT2D eigenvalue weighted by molar-refractivity contribution is -0.124. The largest absolute Gasteiger partial charge is 0.453 e. The smallest absolute Gasteiger partial charge is 0.287 e. The number of nitrogens with one attached hydrogen (secondary N) is 2. The summed E-state index contributed by atoms with van der Waals surface area (Å²) in [6, 6.07) is 5.20. The van der Waals surface area contributed by atoms with E-state index in [0.717, 1.165) is 12.8 Å². The average molecular weight is 360 g/mol. The molecule has 0 bridgehead atoms. The summed E-state index contributed by atoms with van der Waals surface area (Å²) >= 11 is 0. The lowest BCUT2D eigenvalue weighted by atomic mass is 10.1. The van der Waals surface area contributed by atoms with Crippen LogP contribution in [0.25, 0.3) is 0 Å². The number of methoxy groups -OCH3 is 1. The number of rotatable bonds is 8. The average Bonchev–Trinajstić information content (AvgIpc) is 3.36. The third-order valence-electron chi connectivity index (χ3n) is 4.51. The van der Waals surface area contributed by atoms with E-state index in [9.17, 15) is 9.59 Å². The molecule has 8 nitrogen and oxygen atoms in total. The predicted molar refractivity (Wildman–Crippen MR) is 93.3 cm³/mol. The first-order chi connectivity index (χ1) is 12.7. The van der Waals surface area contributed by atoms with Crippen molar-refractivity contribution in [3.8, 4) is 0 Å². The van der Waals surface area contributed by atoms with Crippen molar-refractivity contribution in [1.82, 2.24) is 20.4 Å². The summed E-state index contributed by atoms with van der Waals surface area (Å²) in [5.74, 6) is 0.590. The summed E-state index contributed by atoms with van der Waals surface area (Å²) in [4.78, 5) is 24.5. The van der Waals surface area contributed by atoms with Crippen LogP contribution in [0, 0.1) is 5.92 Å². The van der Waals surface area contributed by atoms with E-state index in [1.807, 2.05) is 12.3 Å². The van der Waals surface area contributed by atoms with Gasteiger partial charge in [0.05, 0.1) is 6.54 Å². The molecule has 0 unspecified atom stereocenters. The molecule has 2 atom stereocenters. The van der Waals surface area contributed by atoms with E-state index in [4.69, 9.17) is 9.15 Å². The summed E-state index contributed by atoms with van der Waals surface area (Å²) < 4.78 is 12.2. The van der Waals surface area contributed by atoms with Crippen molar-refractivity contribution >= 4 is 11.8 Å². The Morgan fingerprint density at radius 3 is 3.04 bits per heavy atom. The van der Waals surface area contributed by atoms with Crippen LogP contribution in [0.4, 0.5) is 0 Å². The summed E-state index contributed by atoms with van der Waals surface area (Å²) in [6.07, 6.45) is 5.77. The van der Waals surface area contributed by atoms with Gasteiger partial charge in [-0.2, -0.15) is 5.10 Å². The van der Waals surface area contributed by atoms with Crippen molar-refractivity contribution in [3.63, 3.8) is 0 Å². The van der Waals surface area contributed by atoms with Gasteiger partial charge in [0.2, 0.25) is 5.91 Å². The summed E-state index contributed by atoms with van der Waals surface area (Å²) in [7, 11) is 1.57. The minimum Gasteiger partial charge on any atom is -0.453 e. The molecule has 1 saturated carbocycles. The fourth-order valence-corrected chi connectivity index (χ4v) is 3.20. The van der Waals surface area contributed by atoms with Crippen LogP contribution in [0.15, 0.2) is 35.0 Å². The highest BCUT2D eigenvalue weighted by molar-refractivity contribution is 5.91. The molecule has 0 aliphatic heterocycles. The van der Waals surface area contributed by atoms with Gasteiger partial charge in [-0.25, -0.2) is 0 Å². The second-order valence-corrected chi connectivity index (χ2v) is 6.44. The summed E-state index contributed by atoms with van der Waals surface area (Å²) in [6.45, 7) is 1.52. The van der Waals surface area contributed by atoms with E-state index < -0.39 is 0 Å². The first-order valence-corrected chi connectivity index (χ1v) is 8.79. The Labute approximate surface area is 151 Å². The Kier molecular flexibility index (Phi) is 6.06. The highest BCUT2D eigenvalue weighted by Crippen LogP contribution is 2.26. The van der Waals surface area contributed by atoms with Crippen LogP contribution in [-0.4, -0.2) is 41.3 Å². The van der Waals surface area contributed by atoms with E-state index in [-0.39, 0.29) is 29.5 Å². The quantitative estimate of drug-likeness (QED) is 0.740. The highest BCUT2D eigenvalue weighted by atomic mass is 16.5. The Hall–Kier alpha value is -2.61. The first kappa shape index (κ1) is 18.2. The summed E-state index contributed by atoms with van der Waals surface area (Å²) in [5, 5.41) is 9.99. The highest BCUT2D eigenvalue weighted by Gasteiger charge is 2.31. The number of ether oxygens (including phenoxy) is 1. The third kappa shape index (κ3) is 4.72. The fourth-order valence-electron chi connectivity index (χ4n) is 3.20. The van der Waals surface area contributed by atoms with Gasteiger partial charge < -0.3 is 19.8 Å². The van der Waals surface area contributed by atoms with E-state index in [2.05, 4.69) is 15.7 Å². The van der Waals surface area contributed by atoms with Gasteiger partial charge in [0.25, 0.3) is 5.91 Å². The fraction of sp³-hybridized carbons (Fsp3) is 0.500. The number of hydrogen-bond donors (Lipinski definition) is 2. The second-order valence-electron chi connectivity index (χ2n) is 6.44. The van der Waals surface area contributed by atoms with Crippen LogP contribution in [0.2, 0.25) is 0 Å². The second kappa shape index (κ2) is 8.66. The normalized spacial score (nSPS) is 19.4. The topological polar surface area (TPSA) is 98.4 Å². The molecule has 8 heteroatoms. The van der Waals surface area contributed by atoms with Gasteiger partial charge in [0.1, 0.15) is 12.4 Å². The Balaban J connectivity index is 1.41. The molecule has 2 aromatic rings. The van der Waals surface area contributed by atoms with Crippen LogP contribution in [0.3, 0.4) is 0 Å². The van der Waals surface area contributed by atoms with Crippen LogP contribution in [-0.2, 0) is 22.7 Å².